The number of hydrogen-bond donors (Lipinski definition) is 0. The molecule has 0 saturated carbocycles. The molecule has 0 spiro atoms. The van der Waals surface area contributed by atoms with Crippen molar-refractivity contribution in [1.82, 2.24) is 9.13 Å². The Hall–Kier alpha value is -8.98. The van der Waals surface area contributed by atoms with Gasteiger partial charge in [-0.15, -0.1) is 0 Å². The molecule has 0 aliphatic rings. The van der Waals surface area contributed by atoms with E-state index in [1.807, 2.05) is 0 Å². The molecule has 0 saturated heterocycles. The highest BCUT2D eigenvalue weighted by Gasteiger charge is 2.22. The molecule has 0 bridgehead atoms. The topological polar surface area (TPSA) is 9.86 Å². The predicted octanol–water partition coefficient (Wildman–Crippen LogP) is 18.0. The average molecular weight is 863 g/mol. The molecular formula is C66H42N2. The summed E-state index contributed by atoms with van der Waals surface area (Å²) in [5.74, 6) is 0. The number of fused-ring (bicyclic) bond motifs is 9. The molecule has 14 rings (SSSR count). The molecule has 2 heterocycles. The Morgan fingerprint density at radius 1 is 0.206 bits per heavy atom. The van der Waals surface area contributed by atoms with E-state index in [0.717, 1.165) is 11.4 Å². The van der Waals surface area contributed by atoms with E-state index in [-0.39, 0.29) is 0 Å². The maximum absolute atomic E-state index is 2.49. The van der Waals surface area contributed by atoms with Gasteiger partial charge in [-0.25, -0.2) is 0 Å². The van der Waals surface area contributed by atoms with Crippen LogP contribution in [0.2, 0.25) is 0 Å². The zero-order valence-corrected chi connectivity index (χ0v) is 37.1. The summed E-state index contributed by atoms with van der Waals surface area (Å²) in [5, 5.41) is 12.3. The second kappa shape index (κ2) is 15.3. The molecule has 0 aliphatic carbocycles. The molecule has 14 aromatic rings. The van der Waals surface area contributed by atoms with Crippen molar-refractivity contribution in [2.75, 3.05) is 0 Å². The molecule has 0 unspecified atom stereocenters. The molecule has 0 amide bonds. The lowest BCUT2D eigenvalue weighted by Crippen LogP contribution is -1.95. The third kappa shape index (κ3) is 5.84. The highest BCUT2D eigenvalue weighted by Crippen LogP contribution is 2.49. The fraction of sp³-hybridized carbons (Fsp3) is 0. The Bertz CT molecular complexity index is 4080. The number of nitrogens with zero attached hydrogens (tertiary/aromatic N) is 2. The molecule has 2 nitrogen and oxygen atoms in total. The molecule has 0 fully saturated rings. The molecular weight excluding hydrogens is 821 g/mol. The van der Waals surface area contributed by atoms with E-state index in [2.05, 4.69) is 264 Å². The second-order valence-electron chi connectivity index (χ2n) is 18.0. The van der Waals surface area contributed by atoms with Crippen molar-refractivity contribution in [2.45, 2.75) is 0 Å². The summed E-state index contributed by atoms with van der Waals surface area (Å²) in [5.41, 5.74) is 16.8. The van der Waals surface area contributed by atoms with E-state index in [9.17, 15) is 0 Å². The first-order chi connectivity index (χ1) is 33.8. The Labute approximate surface area is 393 Å². The summed E-state index contributed by atoms with van der Waals surface area (Å²) in [7, 11) is 0. The van der Waals surface area contributed by atoms with E-state index < -0.39 is 0 Å². The highest BCUT2D eigenvalue weighted by molar-refractivity contribution is 6.24. The number of para-hydroxylation sites is 4. The van der Waals surface area contributed by atoms with Gasteiger partial charge >= 0.3 is 0 Å². The number of hydrogen-bond acceptors (Lipinski definition) is 0. The van der Waals surface area contributed by atoms with Crippen LogP contribution in [0, 0.1) is 0 Å². The van der Waals surface area contributed by atoms with Crippen molar-refractivity contribution in [3.63, 3.8) is 0 Å². The van der Waals surface area contributed by atoms with Gasteiger partial charge in [-0.1, -0.05) is 200 Å². The Morgan fingerprint density at radius 3 is 1.19 bits per heavy atom. The van der Waals surface area contributed by atoms with Crippen molar-refractivity contribution in [1.29, 1.82) is 0 Å². The highest BCUT2D eigenvalue weighted by atomic mass is 15.0. The van der Waals surface area contributed by atoms with Crippen LogP contribution in [0.1, 0.15) is 0 Å². The number of rotatable bonds is 6. The predicted molar refractivity (Wildman–Crippen MR) is 289 cm³/mol. The van der Waals surface area contributed by atoms with Crippen LogP contribution in [0.5, 0.6) is 0 Å². The molecule has 68 heavy (non-hydrogen) atoms. The maximum atomic E-state index is 2.49. The first-order valence-corrected chi connectivity index (χ1v) is 23.5. The van der Waals surface area contributed by atoms with Gasteiger partial charge in [0.15, 0.2) is 0 Å². The van der Waals surface area contributed by atoms with Crippen LogP contribution in [-0.4, -0.2) is 9.13 Å². The van der Waals surface area contributed by atoms with E-state index in [0.29, 0.717) is 0 Å². The first-order valence-electron chi connectivity index (χ1n) is 23.5. The molecule has 12 aromatic carbocycles. The first kappa shape index (κ1) is 38.3. The lowest BCUT2D eigenvalue weighted by Gasteiger charge is -2.21. The van der Waals surface area contributed by atoms with E-state index in [1.165, 1.54) is 120 Å². The summed E-state index contributed by atoms with van der Waals surface area (Å²) < 4.78 is 4.84. The summed E-state index contributed by atoms with van der Waals surface area (Å²) >= 11 is 0. The van der Waals surface area contributed by atoms with Gasteiger partial charge in [0.05, 0.1) is 22.1 Å². The standard InChI is InChI=1S/C66H42N2/c1-4-18-43(19-5-1)52-37-34-44-20-10-11-25-51(44)65(52)66-57-30-16-28-49(45-35-38-55-53-26-12-14-32-61(53)67(63(55)40-45)47-21-6-2-7-22-47)59(57)42-60-50(29-17-31-58(60)66)46-36-39-56-54-27-13-15-33-62(54)68(64(56)41-46)48-23-8-3-9-24-48/h1-42H. The molecule has 0 atom stereocenters. The SMILES string of the molecule is c1ccc(-c2ccc3ccccc3c2-c2c3cccc(-c4ccc5c6ccccc6n(-c6ccccc6)c5c4)c3cc3c(-c4ccc5c6ccccc6n(-c6ccccc6)c5c4)cccc23)cc1. The average Bonchev–Trinajstić information content (AvgIpc) is 3.92. The molecule has 0 N–H and O–H groups in total. The lowest BCUT2D eigenvalue weighted by molar-refractivity contribution is 1.18. The van der Waals surface area contributed by atoms with Crippen LogP contribution in [0.15, 0.2) is 255 Å². The fourth-order valence-corrected chi connectivity index (χ4v) is 11.3. The van der Waals surface area contributed by atoms with E-state index in [1.54, 1.807) is 0 Å². The smallest absolute Gasteiger partial charge is 0.0547 e. The van der Waals surface area contributed by atoms with Gasteiger partial charge in [-0.05, 0) is 131 Å². The van der Waals surface area contributed by atoms with Crippen LogP contribution in [0.4, 0.5) is 0 Å². The van der Waals surface area contributed by atoms with Gasteiger partial charge in [0.1, 0.15) is 0 Å². The quantitative estimate of drug-likeness (QED) is 0.147. The zero-order chi connectivity index (χ0) is 44.7. The van der Waals surface area contributed by atoms with Crippen molar-refractivity contribution in [2.24, 2.45) is 0 Å². The van der Waals surface area contributed by atoms with Crippen molar-refractivity contribution in [3.8, 4) is 55.9 Å². The Morgan fingerprint density at radius 2 is 0.647 bits per heavy atom. The van der Waals surface area contributed by atoms with Crippen LogP contribution in [-0.2, 0) is 0 Å². The second-order valence-corrected chi connectivity index (χ2v) is 18.0. The van der Waals surface area contributed by atoms with Gasteiger partial charge in [0.2, 0.25) is 0 Å². The Balaban J connectivity index is 1.10. The van der Waals surface area contributed by atoms with E-state index >= 15 is 0 Å². The number of benzene rings is 12. The van der Waals surface area contributed by atoms with Crippen LogP contribution in [0.25, 0.3) is 132 Å². The minimum atomic E-state index is 1.15. The summed E-state index contributed by atoms with van der Waals surface area (Å²) in [4.78, 5) is 0. The van der Waals surface area contributed by atoms with Gasteiger partial charge in [-0.2, -0.15) is 0 Å². The van der Waals surface area contributed by atoms with Gasteiger partial charge in [-0.3, -0.25) is 0 Å². The Kier molecular flexibility index (Phi) is 8.62. The van der Waals surface area contributed by atoms with Crippen molar-refractivity contribution in [3.05, 3.63) is 255 Å². The van der Waals surface area contributed by atoms with Crippen LogP contribution in [0.3, 0.4) is 0 Å². The minimum Gasteiger partial charge on any atom is -0.309 e. The molecule has 316 valence electrons. The number of aromatic nitrogens is 2. The van der Waals surface area contributed by atoms with Gasteiger partial charge in [0.25, 0.3) is 0 Å². The third-order valence-corrected chi connectivity index (χ3v) is 14.3. The lowest BCUT2D eigenvalue weighted by atomic mass is 9.82. The largest absolute Gasteiger partial charge is 0.309 e. The van der Waals surface area contributed by atoms with Crippen LogP contribution >= 0.6 is 0 Å². The normalized spacial score (nSPS) is 11.8. The fourth-order valence-electron chi connectivity index (χ4n) is 11.3. The summed E-state index contributed by atoms with van der Waals surface area (Å²) in [6, 6.07) is 94.0. The van der Waals surface area contributed by atoms with Crippen molar-refractivity contribution >= 4 is 75.9 Å². The van der Waals surface area contributed by atoms with Crippen LogP contribution < -0.4 is 0 Å². The molecule has 0 aliphatic heterocycles. The zero-order valence-electron chi connectivity index (χ0n) is 37.1. The van der Waals surface area contributed by atoms with E-state index in [4.69, 9.17) is 0 Å². The molecule has 2 heteroatoms. The third-order valence-electron chi connectivity index (χ3n) is 14.3. The molecule has 0 radical (unpaired) electrons. The van der Waals surface area contributed by atoms with Gasteiger partial charge in [0, 0.05) is 32.9 Å². The minimum absolute atomic E-state index is 1.15. The van der Waals surface area contributed by atoms with Gasteiger partial charge < -0.3 is 9.13 Å². The maximum Gasteiger partial charge on any atom is 0.0547 e. The molecule has 2 aromatic heterocycles. The summed E-state index contributed by atoms with van der Waals surface area (Å²) in [6.07, 6.45) is 0. The monoisotopic (exact) mass is 862 g/mol. The van der Waals surface area contributed by atoms with Crippen molar-refractivity contribution < 1.29 is 0 Å². The summed E-state index contributed by atoms with van der Waals surface area (Å²) in [6.45, 7) is 0.